The molecule has 0 aliphatic heterocycles. The maximum Gasteiger partial charge on any atom is 0.254 e. The number of hydrogen-bond donors (Lipinski definition) is 0. The molecule has 0 unspecified atom stereocenters. The molecule has 1 aromatic carbocycles. The lowest BCUT2D eigenvalue weighted by atomic mass is 10.1. The number of nitrogens with zero attached hydrogens (tertiary/aromatic N) is 1. The molecule has 0 radical (unpaired) electrons. The van der Waals surface area contributed by atoms with Crippen LogP contribution in [0.25, 0.3) is 0 Å². The molecule has 0 atom stereocenters. The van der Waals surface area contributed by atoms with Crippen LogP contribution in [-0.4, -0.2) is 42.7 Å². The van der Waals surface area contributed by atoms with E-state index in [-0.39, 0.29) is 11.9 Å². The third kappa shape index (κ3) is 4.63. The monoisotopic (exact) mass is 363 g/mol. The van der Waals surface area contributed by atoms with Crippen LogP contribution < -0.4 is 14.2 Å². The molecule has 1 aliphatic rings. The number of rotatable bonds is 9. The van der Waals surface area contributed by atoms with Gasteiger partial charge in [0.1, 0.15) is 0 Å². The molecule has 5 nitrogen and oxygen atoms in total. The van der Waals surface area contributed by atoms with Crippen LogP contribution in [0.1, 0.15) is 70.7 Å². The lowest BCUT2D eigenvalue weighted by molar-refractivity contribution is 0.0612. The van der Waals surface area contributed by atoms with Crippen molar-refractivity contribution in [1.29, 1.82) is 0 Å². The summed E-state index contributed by atoms with van der Waals surface area (Å²) in [4.78, 5) is 15.4. The molecule has 0 spiro atoms. The van der Waals surface area contributed by atoms with Gasteiger partial charge in [-0.15, -0.1) is 0 Å². The fourth-order valence-electron chi connectivity index (χ4n) is 3.67. The minimum absolute atomic E-state index is 0.0388. The summed E-state index contributed by atoms with van der Waals surface area (Å²) in [6.45, 7) is 11.4. The zero-order valence-corrected chi connectivity index (χ0v) is 16.8. The Labute approximate surface area is 157 Å². The standard InChI is InChI=1S/C21H33NO4/c1-6-24-18-13-16(14-19(25-7-2)20(18)26-8-3)21(23)22(15(4)5)17-11-9-10-12-17/h13-15,17H,6-12H2,1-5H3. The third-order valence-electron chi connectivity index (χ3n) is 4.67. The summed E-state index contributed by atoms with van der Waals surface area (Å²) < 4.78 is 17.3. The largest absolute Gasteiger partial charge is 0.490 e. The van der Waals surface area contributed by atoms with Crippen molar-refractivity contribution < 1.29 is 19.0 Å². The third-order valence-corrected chi connectivity index (χ3v) is 4.67. The van der Waals surface area contributed by atoms with Gasteiger partial charge in [-0.05, 0) is 59.6 Å². The van der Waals surface area contributed by atoms with Crippen molar-refractivity contribution in [1.82, 2.24) is 4.90 Å². The Kier molecular flexibility index (Phi) is 7.61. The maximum absolute atomic E-state index is 13.3. The van der Waals surface area contributed by atoms with E-state index in [1.165, 1.54) is 12.8 Å². The second kappa shape index (κ2) is 9.70. The van der Waals surface area contributed by atoms with E-state index < -0.39 is 0 Å². The van der Waals surface area contributed by atoms with Crippen LogP contribution >= 0.6 is 0 Å². The van der Waals surface area contributed by atoms with E-state index in [9.17, 15) is 4.79 Å². The highest BCUT2D eigenvalue weighted by Gasteiger charge is 2.30. The molecule has 1 aliphatic carbocycles. The van der Waals surface area contributed by atoms with E-state index in [0.29, 0.717) is 48.7 Å². The Bertz CT molecular complexity index is 567. The topological polar surface area (TPSA) is 48.0 Å². The summed E-state index contributed by atoms with van der Waals surface area (Å²) in [7, 11) is 0. The molecule has 5 heteroatoms. The van der Waals surface area contributed by atoms with Gasteiger partial charge in [-0.3, -0.25) is 4.79 Å². The normalized spacial score (nSPS) is 14.5. The van der Waals surface area contributed by atoms with Crippen molar-refractivity contribution in [3.63, 3.8) is 0 Å². The Morgan fingerprint density at radius 1 is 1.00 bits per heavy atom. The molecule has 0 saturated heterocycles. The van der Waals surface area contributed by atoms with E-state index in [0.717, 1.165) is 12.8 Å². The van der Waals surface area contributed by atoms with Gasteiger partial charge >= 0.3 is 0 Å². The van der Waals surface area contributed by atoms with Crippen molar-refractivity contribution in [2.45, 2.75) is 72.4 Å². The Morgan fingerprint density at radius 2 is 1.50 bits per heavy atom. The molecule has 1 aromatic rings. The predicted octanol–water partition coefficient (Wildman–Crippen LogP) is 4.68. The van der Waals surface area contributed by atoms with Gasteiger partial charge in [0.2, 0.25) is 5.75 Å². The first-order valence-corrected chi connectivity index (χ1v) is 9.92. The lowest BCUT2D eigenvalue weighted by Gasteiger charge is -2.33. The average Bonchev–Trinajstić information content (AvgIpc) is 3.11. The fraction of sp³-hybridized carbons (Fsp3) is 0.667. The van der Waals surface area contributed by atoms with E-state index in [1.54, 1.807) is 12.1 Å². The fourth-order valence-corrected chi connectivity index (χ4v) is 3.67. The molecule has 2 rings (SSSR count). The first-order valence-electron chi connectivity index (χ1n) is 9.92. The number of benzene rings is 1. The van der Waals surface area contributed by atoms with Gasteiger partial charge < -0.3 is 19.1 Å². The van der Waals surface area contributed by atoms with E-state index in [2.05, 4.69) is 13.8 Å². The molecular formula is C21H33NO4. The summed E-state index contributed by atoms with van der Waals surface area (Å²) >= 11 is 0. The molecule has 1 saturated carbocycles. The molecule has 0 N–H and O–H groups in total. The summed E-state index contributed by atoms with van der Waals surface area (Å²) in [6.07, 6.45) is 4.55. The number of ether oxygens (including phenoxy) is 3. The zero-order valence-electron chi connectivity index (χ0n) is 16.8. The first kappa shape index (κ1) is 20.4. The number of hydrogen-bond acceptors (Lipinski definition) is 4. The highest BCUT2D eigenvalue weighted by molar-refractivity contribution is 5.96. The number of carbonyl (C=O) groups excluding carboxylic acids is 1. The minimum Gasteiger partial charge on any atom is -0.490 e. The van der Waals surface area contributed by atoms with Crippen molar-refractivity contribution in [3.8, 4) is 17.2 Å². The van der Waals surface area contributed by atoms with Gasteiger partial charge in [-0.2, -0.15) is 0 Å². The van der Waals surface area contributed by atoms with Crippen molar-refractivity contribution in [2.75, 3.05) is 19.8 Å². The van der Waals surface area contributed by atoms with Gasteiger partial charge in [0.25, 0.3) is 5.91 Å². The maximum atomic E-state index is 13.3. The average molecular weight is 363 g/mol. The van der Waals surface area contributed by atoms with Crippen LogP contribution in [0.5, 0.6) is 17.2 Å². The van der Waals surface area contributed by atoms with Crippen LogP contribution in [0.2, 0.25) is 0 Å². The van der Waals surface area contributed by atoms with Crippen molar-refractivity contribution in [3.05, 3.63) is 17.7 Å². The summed E-state index contributed by atoms with van der Waals surface area (Å²) in [5.41, 5.74) is 0.598. The number of amides is 1. The van der Waals surface area contributed by atoms with Crippen LogP contribution in [-0.2, 0) is 0 Å². The number of carbonyl (C=O) groups is 1. The minimum atomic E-state index is 0.0388. The molecular weight excluding hydrogens is 330 g/mol. The Morgan fingerprint density at radius 3 is 1.92 bits per heavy atom. The molecule has 146 valence electrons. The van der Waals surface area contributed by atoms with Gasteiger partial charge in [-0.1, -0.05) is 12.8 Å². The second-order valence-corrected chi connectivity index (χ2v) is 6.85. The second-order valence-electron chi connectivity index (χ2n) is 6.85. The first-order chi connectivity index (χ1) is 12.5. The lowest BCUT2D eigenvalue weighted by Crippen LogP contribution is -2.43. The van der Waals surface area contributed by atoms with E-state index in [1.807, 2.05) is 25.7 Å². The van der Waals surface area contributed by atoms with Gasteiger partial charge in [0.15, 0.2) is 11.5 Å². The Hall–Kier alpha value is -1.91. The Balaban J connectivity index is 2.43. The zero-order chi connectivity index (χ0) is 19.1. The molecule has 0 aromatic heterocycles. The van der Waals surface area contributed by atoms with Crippen LogP contribution in [0.4, 0.5) is 0 Å². The summed E-state index contributed by atoms with van der Waals surface area (Å²) in [6, 6.07) is 4.07. The molecule has 0 bridgehead atoms. The van der Waals surface area contributed by atoms with E-state index >= 15 is 0 Å². The van der Waals surface area contributed by atoms with Crippen LogP contribution in [0.15, 0.2) is 12.1 Å². The summed E-state index contributed by atoms with van der Waals surface area (Å²) in [5.74, 6) is 1.75. The van der Waals surface area contributed by atoms with Crippen LogP contribution in [0.3, 0.4) is 0 Å². The highest BCUT2D eigenvalue weighted by Crippen LogP contribution is 2.40. The van der Waals surface area contributed by atoms with Gasteiger partial charge in [-0.25, -0.2) is 0 Å². The van der Waals surface area contributed by atoms with E-state index in [4.69, 9.17) is 14.2 Å². The van der Waals surface area contributed by atoms with Crippen LogP contribution in [0, 0.1) is 0 Å². The quantitative estimate of drug-likeness (QED) is 0.639. The van der Waals surface area contributed by atoms with Gasteiger partial charge in [0.05, 0.1) is 19.8 Å². The molecule has 1 amide bonds. The smallest absolute Gasteiger partial charge is 0.254 e. The molecule has 1 fully saturated rings. The van der Waals surface area contributed by atoms with Crippen molar-refractivity contribution >= 4 is 5.91 Å². The van der Waals surface area contributed by atoms with Crippen molar-refractivity contribution in [2.24, 2.45) is 0 Å². The highest BCUT2D eigenvalue weighted by atomic mass is 16.5. The summed E-state index contributed by atoms with van der Waals surface area (Å²) in [5, 5.41) is 0. The molecule has 0 heterocycles. The predicted molar refractivity (Wildman–Crippen MR) is 104 cm³/mol. The van der Waals surface area contributed by atoms with Gasteiger partial charge in [0, 0.05) is 17.6 Å². The molecule has 26 heavy (non-hydrogen) atoms. The SMILES string of the molecule is CCOc1cc(C(=O)N(C(C)C)C2CCCC2)cc(OCC)c1OCC.